The molecule has 0 aliphatic carbocycles. The normalized spacial score (nSPS) is 18.7. The van der Waals surface area contributed by atoms with Crippen LogP contribution in [-0.4, -0.2) is 31.2 Å². The van der Waals surface area contributed by atoms with E-state index in [0.29, 0.717) is 13.1 Å². The summed E-state index contributed by atoms with van der Waals surface area (Å²) in [6.07, 6.45) is -0.655. The van der Waals surface area contributed by atoms with Crippen molar-refractivity contribution in [2.24, 2.45) is 0 Å². The predicted molar refractivity (Wildman–Crippen MR) is 67.5 cm³/mol. The van der Waals surface area contributed by atoms with Crippen LogP contribution in [0.2, 0.25) is 0 Å². The number of cyclic esters (lactones) is 1. The molecular formula is C13H16N2O3. The molecular weight excluding hydrogens is 232 g/mol. The first kappa shape index (κ1) is 12.4. The highest BCUT2D eigenvalue weighted by Crippen LogP contribution is 2.22. The van der Waals surface area contributed by atoms with Gasteiger partial charge < -0.3 is 10.1 Å². The molecule has 5 nitrogen and oxygen atoms in total. The minimum atomic E-state index is -0.365. The first-order chi connectivity index (χ1) is 8.56. The maximum Gasteiger partial charge on any atom is 0.414 e. The second-order valence-electron chi connectivity index (χ2n) is 4.39. The van der Waals surface area contributed by atoms with Gasteiger partial charge in [0, 0.05) is 12.6 Å². The molecule has 1 aliphatic heterocycles. The molecule has 2 rings (SSSR count). The van der Waals surface area contributed by atoms with Crippen LogP contribution in [0.25, 0.3) is 0 Å². The molecule has 0 saturated carbocycles. The Kier molecular flexibility index (Phi) is 3.50. The molecule has 0 bridgehead atoms. The Morgan fingerprint density at radius 3 is 3.00 bits per heavy atom. The summed E-state index contributed by atoms with van der Waals surface area (Å²) < 4.78 is 5.19. The maximum atomic E-state index is 11.7. The van der Waals surface area contributed by atoms with Gasteiger partial charge in [0.2, 0.25) is 5.91 Å². The van der Waals surface area contributed by atoms with E-state index in [1.165, 1.54) is 6.92 Å². The number of hydrogen-bond acceptors (Lipinski definition) is 3. The molecule has 1 N–H and O–H groups in total. The summed E-state index contributed by atoms with van der Waals surface area (Å²) in [6, 6.07) is 7.68. The summed E-state index contributed by atoms with van der Waals surface area (Å²) in [5.41, 5.74) is 1.91. The Balaban J connectivity index is 2.03. The van der Waals surface area contributed by atoms with E-state index in [1.807, 2.05) is 31.2 Å². The molecule has 96 valence electrons. The fraction of sp³-hybridized carbons (Fsp3) is 0.385. The van der Waals surface area contributed by atoms with Crippen LogP contribution in [0.15, 0.2) is 24.3 Å². The van der Waals surface area contributed by atoms with Crippen molar-refractivity contribution in [2.45, 2.75) is 20.0 Å². The maximum absolute atomic E-state index is 11.7. The van der Waals surface area contributed by atoms with E-state index >= 15 is 0 Å². The van der Waals surface area contributed by atoms with E-state index in [4.69, 9.17) is 4.74 Å². The summed E-state index contributed by atoms with van der Waals surface area (Å²) >= 11 is 0. The van der Waals surface area contributed by atoms with Gasteiger partial charge in [0.05, 0.1) is 13.1 Å². The van der Waals surface area contributed by atoms with Gasteiger partial charge in [0.1, 0.15) is 6.10 Å². The van der Waals surface area contributed by atoms with E-state index in [0.717, 1.165) is 11.3 Å². The number of hydrogen-bond donors (Lipinski definition) is 1. The van der Waals surface area contributed by atoms with Crippen LogP contribution >= 0.6 is 0 Å². The van der Waals surface area contributed by atoms with Crippen LogP contribution in [-0.2, 0) is 9.53 Å². The third-order valence-electron chi connectivity index (χ3n) is 2.77. The van der Waals surface area contributed by atoms with E-state index < -0.39 is 0 Å². The van der Waals surface area contributed by atoms with E-state index in [9.17, 15) is 9.59 Å². The summed E-state index contributed by atoms with van der Waals surface area (Å²) in [5.74, 6) is -0.125. The molecule has 1 fully saturated rings. The number of amides is 2. The standard InChI is InChI=1S/C13H16N2O3/c1-9-4-3-5-11(6-9)15-8-12(18-13(15)17)7-14-10(2)16/h3-6,12H,7-8H2,1-2H3,(H,14,16)/t12-/m0/s1. The van der Waals surface area contributed by atoms with E-state index in [-0.39, 0.29) is 18.1 Å². The van der Waals surface area contributed by atoms with Gasteiger partial charge in [0.15, 0.2) is 0 Å². The number of carbonyl (C=O) groups excluding carboxylic acids is 2. The quantitative estimate of drug-likeness (QED) is 0.881. The Morgan fingerprint density at radius 2 is 2.33 bits per heavy atom. The molecule has 0 spiro atoms. The van der Waals surface area contributed by atoms with Crippen LogP contribution in [0.3, 0.4) is 0 Å². The lowest BCUT2D eigenvalue weighted by atomic mass is 10.2. The zero-order chi connectivity index (χ0) is 13.1. The minimum absolute atomic E-state index is 0.125. The number of anilines is 1. The summed E-state index contributed by atoms with van der Waals surface area (Å²) in [6.45, 7) is 4.22. The van der Waals surface area contributed by atoms with Gasteiger partial charge in [-0.15, -0.1) is 0 Å². The van der Waals surface area contributed by atoms with Crippen molar-refractivity contribution in [3.63, 3.8) is 0 Å². The fourth-order valence-corrected chi connectivity index (χ4v) is 1.89. The molecule has 0 aromatic heterocycles. The second kappa shape index (κ2) is 5.08. The molecule has 18 heavy (non-hydrogen) atoms. The van der Waals surface area contributed by atoms with Crippen molar-refractivity contribution >= 4 is 17.7 Å². The number of benzene rings is 1. The zero-order valence-electron chi connectivity index (χ0n) is 10.5. The van der Waals surface area contributed by atoms with Crippen molar-refractivity contribution < 1.29 is 14.3 Å². The van der Waals surface area contributed by atoms with Crippen LogP contribution in [0.1, 0.15) is 12.5 Å². The average Bonchev–Trinajstić information content (AvgIpc) is 2.68. The highest BCUT2D eigenvalue weighted by molar-refractivity contribution is 5.89. The van der Waals surface area contributed by atoms with Crippen molar-refractivity contribution in [3.8, 4) is 0 Å². The topological polar surface area (TPSA) is 58.6 Å². The number of ether oxygens (including phenoxy) is 1. The smallest absolute Gasteiger partial charge is 0.414 e. The summed E-state index contributed by atoms with van der Waals surface area (Å²) in [5, 5.41) is 2.65. The molecule has 1 atom stereocenters. The van der Waals surface area contributed by atoms with Gasteiger partial charge in [-0.05, 0) is 24.6 Å². The second-order valence-corrected chi connectivity index (χ2v) is 4.39. The number of nitrogens with one attached hydrogen (secondary N) is 1. The van der Waals surface area contributed by atoms with Gasteiger partial charge in [-0.3, -0.25) is 9.69 Å². The lowest BCUT2D eigenvalue weighted by Gasteiger charge is -2.13. The summed E-state index contributed by atoms with van der Waals surface area (Å²) in [7, 11) is 0. The third-order valence-corrected chi connectivity index (χ3v) is 2.77. The highest BCUT2D eigenvalue weighted by atomic mass is 16.6. The van der Waals surface area contributed by atoms with Gasteiger partial charge in [-0.2, -0.15) is 0 Å². The highest BCUT2D eigenvalue weighted by Gasteiger charge is 2.32. The van der Waals surface area contributed by atoms with Crippen molar-refractivity contribution in [3.05, 3.63) is 29.8 Å². The Bertz CT molecular complexity index is 473. The molecule has 0 radical (unpaired) electrons. The number of aryl methyl sites for hydroxylation is 1. The van der Waals surface area contributed by atoms with Crippen molar-refractivity contribution in [1.29, 1.82) is 0 Å². The molecule has 0 unspecified atom stereocenters. The molecule has 5 heteroatoms. The molecule has 1 heterocycles. The van der Waals surface area contributed by atoms with E-state index in [2.05, 4.69) is 5.32 Å². The number of rotatable bonds is 3. The molecule has 1 aliphatic rings. The van der Waals surface area contributed by atoms with Gasteiger partial charge in [-0.1, -0.05) is 12.1 Å². The zero-order valence-corrected chi connectivity index (χ0v) is 10.5. The van der Waals surface area contributed by atoms with Crippen molar-refractivity contribution in [1.82, 2.24) is 5.32 Å². The van der Waals surface area contributed by atoms with E-state index in [1.54, 1.807) is 4.90 Å². The fourth-order valence-electron chi connectivity index (χ4n) is 1.89. The van der Waals surface area contributed by atoms with Gasteiger partial charge >= 0.3 is 6.09 Å². The first-order valence-corrected chi connectivity index (χ1v) is 5.85. The first-order valence-electron chi connectivity index (χ1n) is 5.85. The number of nitrogens with zero attached hydrogens (tertiary/aromatic N) is 1. The van der Waals surface area contributed by atoms with Crippen LogP contribution < -0.4 is 10.2 Å². The Morgan fingerprint density at radius 1 is 1.56 bits per heavy atom. The predicted octanol–water partition coefficient (Wildman–Crippen LogP) is 1.46. The van der Waals surface area contributed by atoms with Crippen LogP contribution in [0.4, 0.5) is 10.5 Å². The lowest BCUT2D eigenvalue weighted by Crippen LogP contribution is -2.33. The molecule has 2 amide bonds. The Labute approximate surface area is 106 Å². The SMILES string of the molecule is CC(=O)NC[C@H]1CN(c2cccc(C)c2)C(=O)O1. The third kappa shape index (κ3) is 2.80. The Hall–Kier alpha value is -2.04. The number of carbonyl (C=O) groups is 2. The monoisotopic (exact) mass is 248 g/mol. The van der Waals surface area contributed by atoms with Gasteiger partial charge in [-0.25, -0.2) is 4.79 Å². The lowest BCUT2D eigenvalue weighted by molar-refractivity contribution is -0.119. The molecule has 1 aromatic carbocycles. The minimum Gasteiger partial charge on any atom is -0.442 e. The van der Waals surface area contributed by atoms with Crippen LogP contribution in [0.5, 0.6) is 0 Å². The summed E-state index contributed by atoms with van der Waals surface area (Å²) in [4.78, 5) is 24.1. The van der Waals surface area contributed by atoms with Crippen molar-refractivity contribution in [2.75, 3.05) is 18.0 Å². The molecule has 1 saturated heterocycles. The van der Waals surface area contributed by atoms with Gasteiger partial charge in [0.25, 0.3) is 0 Å². The largest absolute Gasteiger partial charge is 0.442 e. The molecule has 1 aromatic rings. The van der Waals surface area contributed by atoms with Crippen LogP contribution in [0, 0.1) is 6.92 Å². The average molecular weight is 248 g/mol.